The Morgan fingerprint density at radius 2 is 2.33 bits per heavy atom. The molecule has 1 fully saturated rings. The summed E-state index contributed by atoms with van der Waals surface area (Å²) in [5, 5.41) is 11.8. The second-order valence-electron chi connectivity index (χ2n) is 3.47. The van der Waals surface area contributed by atoms with Crippen molar-refractivity contribution < 1.29 is 9.90 Å². The van der Waals surface area contributed by atoms with Crippen molar-refractivity contribution in [3.05, 3.63) is 0 Å². The lowest BCUT2D eigenvalue weighted by Gasteiger charge is -2.10. The maximum atomic E-state index is 10.6. The van der Waals surface area contributed by atoms with Crippen LogP contribution in [0.5, 0.6) is 0 Å². The molecule has 1 heterocycles. The van der Waals surface area contributed by atoms with Crippen molar-refractivity contribution in [3.8, 4) is 0 Å². The molecule has 0 aromatic carbocycles. The van der Waals surface area contributed by atoms with Crippen LogP contribution in [0.2, 0.25) is 0 Å². The van der Waals surface area contributed by atoms with Crippen molar-refractivity contribution in [2.45, 2.75) is 51.1 Å². The molecule has 1 aliphatic rings. The van der Waals surface area contributed by atoms with Gasteiger partial charge in [0.15, 0.2) is 0 Å². The van der Waals surface area contributed by atoms with E-state index in [1.807, 2.05) is 0 Å². The second kappa shape index (κ2) is 4.45. The van der Waals surface area contributed by atoms with Gasteiger partial charge >= 0.3 is 5.97 Å². The van der Waals surface area contributed by atoms with Gasteiger partial charge in [0.05, 0.1) is 0 Å². The molecule has 12 heavy (non-hydrogen) atoms. The average molecular weight is 171 g/mol. The van der Waals surface area contributed by atoms with Gasteiger partial charge in [0.2, 0.25) is 0 Å². The van der Waals surface area contributed by atoms with Crippen LogP contribution >= 0.6 is 0 Å². The number of rotatable bonds is 4. The van der Waals surface area contributed by atoms with E-state index in [0.717, 1.165) is 19.3 Å². The van der Waals surface area contributed by atoms with Gasteiger partial charge in [-0.15, -0.1) is 0 Å². The van der Waals surface area contributed by atoms with Crippen molar-refractivity contribution in [3.63, 3.8) is 0 Å². The quantitative estimate of drug-likeness (QED) is 0.672. The minimum atomic E-state index is -0.700. The Kier molecular flexibility index (Phi) is 3.53. The standard InChI is InChI=1S/C9H17NO2/c1-2-3-4-7-5-6-8(10-7)9(11)12/h7-8,10H,2-6H2,1H3,(H,11,12)/t7-,8-/m0/s1. The molecule has 70 valence electrons. The third-order valence-electron chi connectivity index (χ3n) is 2.44. The van der Waals surface area contributed by atoms with Gasteiger partial charge in [0.1, 0.15) is 6.04 Å². The van der Waals surface area contributed by atoms with E-state index >= 15 is 0 Å². The third kappa shape index (κ3) is 2.48. The lowest BCUT2D eigenvalue weighted by atomic mass is 10.1. The summed E-state index contributed by atoms with van der Waals surface area (Å²) in [7, 11) is 0. The van der Waals surface area contributed by atoms with Gasteiger partial charge in [0.25, 0.3) is 0 Å². The molecule has 0 aliphatic carbocycles. The van der Waals surface area contributed by atoms with Crippen LogP contribution in [-0.4, -0.2) is 23.2 Å². The maximum Gasteiger partial charge on any atom is 0.320 e. The number of carbonyl (C=O) groups is 1. The number of unbranched alkanes of at least 4 members (excludes halogenated alkanes) is 1. The van der Waals surface area contributed by atoms with E-state index in [-0.39, 0.29) is 6.04 Å². The largest absolute Gasteiger partial charge is 0.480 e. The van der Waals surface area contributed by atoms with E-state index in [0.29, 0.717) is 6.04 Å². The zero-order chi connectivity index (χ0) is 8.97. The first kappa shape index (κ1) is 9.52. The number of nitrogens with one attached hydrogen (secondary N) is 1. The molecule has 3 heteroatoms. The third-order valence-corrected chi connectivity index (χ3v) is 2.44. The van der Waals surface area contributed by atoms with Gasteiger partial charge in [0, 0.05) is 6.04 Å². The molecular weight excluding hydrogens is 154 g/mol. The minimum Gasteiger partial charge on any atom is -0.480 e. The Morgan fingerprint density at radius 1 is 1.58 bits per heavy atom. The first-order valence-corrected chi connectivity index (χ1v) is 4.73. The van der Waals surface area contributed by atoms with Gasteiger partial charge < -0.3 is 10.4 Å². The van der Waals surface area contributed by atoms with Gasteiger partial charge in [-0.2, -0.15) is 0 Å². The van der Waals surface area contributed by atoms with Crippen LogP contribution in [0.15, 0.2) is 0 Å². The summed E-state index contributed by atoms with van der Waals surface area (Å²) >= 11 is 0. The van der Waals surface area contributed by atoms with Crippen molar-refractivity contribution >= 4 is 5.97 Å². The fraction of sp³-hybridized carbons (Fsp3) is 0.889. The highest BCUT2D eigenvalue weighted by atomic mass is 16.4. The SMILES string of the molecule is CCCC[C@H]1CC[C@@H](C(=O)O)N1. The molecule has 1 rings (SSSR count). The molecule has 0 unspecified atom stereocenters. The molecule has 0 aromatic heterocycles. The summed E-state index contributed by atoms with van der Waals surface area (Å²) < 4.78 is 0. The zero-order valence-corrected chi connectivity index (χ0v) is 7.55. The second-order valence-corrected chi connectivity index (χ2v) is 3.47. The first-order valence-electron chi connectivity index (χ1n) is 4.73. The van der Waals surface area contributed by atoms with Gasteiger partial charge in [-0.25, -0.2) is 0 Å². The molecule has 3 nitrogen and oxygen atoms in total. The molecule has 1 aliphatic heterocycles. The molecule has 0 bridgehead atoms. The van der Waals surface area contributed by atoms with Crippen LogP contribution in [0.1, 0.15) is 39.0 Å². The summed E-state index contributed by atoms with van der Waals surface area (Å²) in [6.45, 7) is 2.16. The number of hydrogen-bond acceptors (Lipinski definition) is 2. The van der Waals surface area contributed by atoms with E-state index in [1.165, 1.54) is 12.8 Å². The van der Waals surface area contributed by atoms with Crippen LogP contribution in [0, 0.1) is 0 Å². The van der Waals surface area contributed by atoms with Crippen LogP contribution in [0.3, 0.4) is 0 Å². The average Bonchev–Trinajstić information content (AvgIpc) is 2.48. The lowest BCUT2D eigenvalue weighted by Crippen LogP contribution is -2.35. The van der Waals surface area contributed by atoms with Crippen LogP contribution < -0.4 is 5.32 Å². The molecule has 0 saturated carbocycles. The summed E-state index contributed by atoms with van der Waals surface area (Å²) in [5.74, 6) is -0.700. The Balaban J connectivity index is 2.21. The topological polar surface area (TPSA) is 49.3 Å². The molecule has 2 N–H and O–H groups in total. The Bertz CT molecular complexity index is 159. The number of hydrogen-bond donors (Lipinski definition) is 2. The van der Waals surface area contributed by atoms with E-state index < -0.39 is 5.97 Å². The van der Waals surface area contributed by atoms with E-state index in [1.54, 1.807) is 0 Å². The summed E-state index contributed by atoms with van der Waals surface area (Å²) in [5.41, 5.74) is 0. The maximum absolute atomic E-state index is 10.6. The molecule has 1 saturated heterocycles. The van der Waals surface area contributed by atoms with Crippen LogP contribution in [-0.2, 0) is 4.79 Å². The molecule has 0 aromatic rings. The Hall–Kier alpha value is -0.570. The van der Waals surface area contributed by atoms with Gasteiger partial charge in [-0.05, 0) is 19.3 Å². The predicted molar refractivity (Wildman–Crippen MR) is 47.1 cm³/mol. The van der Waals surface area contributed by atoms with Crippen LogP contribution in [0.25, 0.3) is 0 Å². The highest BCUT2D eigenvalue weighted by Gasteiger charge is 2.27. The normalized spacial score (nSPS) is 29.1. The van der Waals surface area contributed by atoms with E-state index in [4.69, 9.17) is 5.11 Å². The summed E-state index contributed by atoms with van der Waals surface area (Å²) in [6.07, 6.45) is 5.33. The van der Waals surface area contributed by atoms with Crippen molar-refractivity contribution in [2.75, 3.05) is 0 Å². The molecular formula is C9H17NO2. The smallest absolute Gasteiger partial charge is 0.320 e. The van der Waals surface area contributed by atoms with Gasteiger partial charge in [-0.3, -0.25) is 4.79 Å². The summed E-state index contributed by atoms with van der Waals surface area (Å²) in [6, 6.07) is 0.165. The predicted octanol–water partition coefficient (Wildman–Crippen LogP) is 1.38. The molecule has 0 radical (unpaired) electrons. The number of carboxylic acids is 1. The summed E-state index contributed by atoms with van der Waals surface area (Å²) in [4.78, 5) is 10.6. The highest BCUT2D eigenvalue weighted by molar-refractivity contribution is 5.73. The number of carboxylic acid groups (broad SMARTS) is 1. The van der Waals surface area contributed by atoms with E-state index in [9.17, 15) is 4.79 Å². The molecule has 2 atom stereocenters. The Morgan fingerprint density at radius 3 is 2.83 bits per heavy atom. The van der Waals surface area contributed by atoms with Gasteiger partial charge in [-0.1, -0.05) is 19.8 Å². The molecule has 0 amide bonds. The zero-order valence-electron chi connectivity index (χ0n) is 7.55. The minimum absolute atomic E-state index is 0.285. The Labute approximate surface area is 73.2 Å². The van der Waals surface area contributed by atoms with Crippen molar-refractivity contribution in [1.82, 2.24) is 5.32 Å². The molecule has 0 spiro atoms. The monoisotopic (exact) mass is 171 g/mol. The fourth-order valence-corrected chi connectivity index (χ4v) is 1.69. The van der Waals surface area contributed by atoms with E-state index in [2.05, 4.69) is 12.2 Å². The highest BCUT2D eigenvalue weighted by Crippen LogP contribution is 2.16. The lowest BCUT2D eigenvalue weighted by molar-refractivity contribution is -0.139. The fourth-order valence-electron chi connectivity index (χ4n) is 1.69. The van der Waals surface area contributed by atoms with Crippen molar-refractivity contribution in [2.24, 2.45) is 0 Å². The van der Waals surface area contributed by atoms with Crippen LogP contribution in [0.4, 0.5) is 0 Å². The number of aliphatic carboxylic acids is 1. The van der Waals surface area contributed by atoms with Crippen molar-refractivity contribution in [1.29, 1.82) is 0 Å². The first-order chi connectivity index (χ1) is 5.74.